The zero-order valence-electron chi connectivity index (χ0n) is 10.7. The van der Waals surface area contributed by atoms with E-state index in [1.165, 1.54) is 12.1 Å². The van der Waals surface area contributed by atoms with Gasteiger partial charge in [-0.1, -0.05) is 12.1 Å². The van der Waals surface area contributed by atoms with Gasteiger partial charge in [0, 0.05) is 6.42 Å². The van der Waals surface area contributed by atoms with Gasteiger partial charge < -0.3 is 10.4 Å². The van der Waals surface area contributed by atoms with Crippen LogP contribution in [-0.2, 0) is 16.0 Å². The zero-order valence-corrected chi connectivity index (χ0v) is 10.7. The molecular weight excluding hydrogens is 268 g/mol. The minimum absolute atomic E-state index is 0.00794. The summed E-state index contributed by atoms with van der Waals surface area (Å²) < 4.78 is 25.7. The van der Waals surface area contributed by atoms with Crippen LogP contribution in [0.5, 0.6) is 0 Å². The summed E-state index contributed by atoms with van der Waals surface area (Å²) in [5.41, 5.74) is 0.467. The van der Waals surface area contributed by atoms with Crippen molar-refractivity contribution in [3.8, 4) is 0 Å². The second kappa shape index (κ2) is 7.37. The van der Waals surface area contributed by atoms with Gasteiger partial charge in [-0.3, -0.25) is 4.79 Å². The number of rotatable bonds is 7. The van der Waals surface area contributed by atoms with Gasteiger partial charge in [-0.2, -0.15) is 0 Å². The normalized spacial score (nSPS) is 11.7. The average Bonchev–Trinajstić information content (AvgIpc) is 2.39. The Morgan fingerprint density at radius 1 is 1.35 bits per heavy atom. The lowest BCUT2D eigenvalue weighted by Gasteiger charge is -2.12. The minimum atomic E-state index is -1.15. The third-order valence-corrected chi connectivity index (χ3v) is 2.66. The number of halogens is 2. The lowest BCUT2D eigenvalue weighted by molar-refractivity contribution is -0.141. The number of hydrogen-bond acceptors (Lipinski definition) is 2. The molecule has 0 aliphatic carbocycles. The first-order chi connectivity index (χ1) is 9.43. The summed E-state index contributed by atoms with van der Waals surface area (Å²) in [6, 6.07) is 2.36. The molecule has 0 spiro atoms. The zero-order chi connectivity index (χ0) is 15.1. The van der Waals surface area contributed by atoms with Crippen molar-refractivity contribution in [2.24, 2.45) is 0 Å². The molecule has 0 fully saturated rings. The third-order valence-electron chi connectivity index (χ3n) is 2.66. The predicted molar refractivity (Wildman–Crippen MR) is 69.1 cm³/mol. The molecule has 0 aliphatic rings. The highest BCUT2D eigenvalue weighted by Gasteiger charge is 2.17. The van der Waals surface area contributed by atoms with Crippen LogP contribution in [0.1, 0.15) is 18.4 Å². The van der Waals surface area contributed by atoms with E-state index in [2.05, 4.69) is 11.9 Å². The van der Waals surface area contributed by atoms with Crippen LogP contribution in [0.15, 0.2) is 30.9 Å². The van der Waals surface area contributed by atoms with E-state index in [1.54, 1.807) is 0 Å². The maximum Gasteiger partial charge on any atom is 0.326 e. The molecule has 1 aromatic carbocycles. The summed E-state index contributed by atoms with van der Waals surface area (Å²) in [7, 11) is 0. The number of benzene rings is 1. The van der Waals surface area contributed by atoms with Crippen LogP contribution in [0.25, 0.3) is 0 Å². The van der Waals surface area contributed by atoms with E-state index >= 15 is 0 Å². The number of carboxylic acids is 1. The second-order valence-electron chi connectivity index (χ2n) is 4.23. The first kappa shape index (κ1) is 15.8. The Morgan fingerprint density at radius 2 is 2.05 bits per heavy atom. The van der Waals surface area contributed by atoms with E-state index in [9.17, 15) is 18.4 Å². The molecule has 1 amide bonds. The van der Waals surface area contributed by atoms with E-state index in [1.807, 2.05) is 0 Å². The molecule has 1 rings (SSSR count). The van der Waals surface area contributed by atoms with Crippen molar-refractivity contribution in [2.75, 3.05) is 0 Å². The maximum atomic E-state index is 13.0. The second-order valence-corrected chi connectivity index (χ2v) is 4.23. The van der Waals surface area contributed by atoms with Crippen LogP contribution in [0.2, 0.25) is 0 Å². The van der Waals surface area contributed by atoms with Gasteiger partial charge in [-0.25, -0.2) is 13.6 Å². The van der Waals surface area contributed by atoms with Crippen LogP contribution in [0.3, 0.4) is 0 Å². The highest BCUT2D eigenvalue weighted by molar-refractivity contribution is 5.83. The molecule has 4 nitrogen and oxygen atoms in total. The molecule has 6 heteroatoms. The van der Waals surface area contributed by atoms with E-state index in [0.29, 0.717) is 5.56 Å². The molecule has 0 bridgehead atoms. The predicted octanol–water partition coefficient (Wildman–Crippen LogP) is 2.04. The molecule has 0 radical (unpaired) electrons. The Labute approximate surface area is 115 Å². The first-order valence-electron chi connectivity index (χ1n) is 6.01. The largest absolute Gasteiger partial charge is 0.480 e. The van der Waals surface area contributed by atoms with Crippen LogP contribution < -0.4 is 5.32 Å². The lowest BCUT2D eigenvalue weighted by atomic mass is 10.1. The maximum absolute atomic E-state index is 13.0. The molecule has 0 saturated carbocycles. The Morgan fingerprint density at radius 3 is 2.60 bits per heavy atom. The molecular formula is C14H15F2NO3. The van der Waals surface area contributed by atoms with Crippen molar-refractivity contribution in [2.45, 2.75) is 25.3 Å². The molecule has 20 heavy (non-hydrogen) atoms. The standard InChI is InChI=1S/C14H15F2NO3/c1-2-3-12(14(19)20)17-13(18)7-5-9-4-6-10(15)11(16)8-9/h2,4,6,8,12H,1,3,5,7H2,(H,17,18)(H,19,20). The van der Waals surface area contributed by atoms with Crippen molar-refractivity contribution in [1.82, 2.24) is 5.32 Å². The lowest BCUT2D eigenvalue weighted by Crippen LogP contribution is -2.40. The summed E-state index contributed by atoms with van der Waals surface area (Å²) in [4.78, 5) is 22.4. The number of carbonyl (C=O) groups is 2. The Kier molecular flexibility index (Phi) is 5.83. The van der Waals surface area contributed by atoms with Gasteiger partial charge in [0.2, 0.25) is 5.91 Å². The molecule has 1 unspecified atom stereocenters. The number of amides is 1. The van der Waals surface area contributed by atoms with Crippen LogP contribution in [-0.4, -0.2) is 23.0 Å². The number of aryl methyl sites for hydroxylation is 1. The quantitative estimate of drug-likeness (QED) is 0.753. The van der Waals surface area contributed by atoms with E-state index in [0.717, 1.165) is 12.1 Å². The molecule has 0 heterocycles. The Hall–Kier alpha value is -2.24. The Bertz CT molecular complexity index is 517. The smallest absolute Gasteiger partial charge is 0.326 e. The number of carbonyl (C=O) groups excluding carboxylic acids is 1. The molecule has 108 valence electrons. The van der Waals surface area contributed by atoms with Crippen molar-refractivity contribution in [3.63, 3.8) is 0 Å². The molecule has 0 saturated heterocycles. The SMILES string of the molecule is C=CCC(NC(=O)CCc1ccc(F)c(F)c1)C(=O)O. The highest BCUT2D eigenvalue weighted by atomic mass is 19.2. The fourth-order valence-electron chi connectivity index (χ4n) is 1.61. The fraction of sp³-hybridized carbons (Fsp3) is 0.286. The summed E-state index contributed by atoms with van der Waals surface area (Å²) in [5.74, 6) is -3.54. The van der Waals surface area contributed by atoms with Gasteiger partial charge in [0.05, 0.1) is 0 Å². The fourth-order valence-corrected chi connectivity index (χ4v) is 1.61. The van der Waals surface area contributed by atoms with Gasteiger partial charge >= 0.3 is 5.97 Å². The van der Waals surface area contributed by atoms with Crippen molar-refractivity contribution >= 4 is 11.9 Å². The Balaban J connectivity index is 2.52. The van der Waals surface area contributed by atoms with Gasteiger partial charge in [-0.15, -0.1) is 6.58 Å². The molecule has 1 aromatic rings. The average molecular weight is 283 g/mol. The van der Waals surface area contributed by atoms with Crippen molar-refractivity contribution < 1.29 is 23.5 Å². The first-order valence-corrected chi connectivity index (χ1v) is 6.01. The third kappa shape index (κ3) is 4.79. The van der Waals surface area contributed by atoms with E-state index < -0.39 is 29.6 Å². The molecule has 0 aliphatic heterocycles. The van der Waals surface area contributed by atoms with Gasteiger partial charge in [0.15, 0.2) is 11.6 Å². The van der Waals surface area contributed by atoms with Gasteiger partial charge in [-0.05, 0) is 30.5 Å². The summed E-state index contributed by atoms with van der Waals surface area (Å²) in [5, 5.41) is 11.2. The highest BCUT2D eigenvalue weighted by Crippen LogP contribution is 2.10. The van der Waals surface area contributed by atoms with Crippen molar-refractivity contribution in [3.05, 3.63) is 48.1 Å². The number of aliphatic carboxylic acids is 1. The van der Waals surface area contributed by atoms with E-state index in [4.69, 9.17) is 5.11 Å². The van der Waals surface area contributed by atoms with Crippen LogP contribution >= 0.6 is 0 Å². The van der Waals surface area contributed by atoms with Gasteiger partial charge in [0.1, 0.15) is 6.04 Å². The molecule has 0 aromatic heterocycles. The molecule has 1 atom stereocenters. The summed E-state index contributed by atoms with van der Waals surface area (Å²) in [6.45, 7) is 3.41. The van der Waals surface area contributed by atoms with Crippen molar-refractivity contribution in [1.29, 1.82) is 0 Å². The number of carboxylic acid groups (broad SMARTS) is 1. The van der Waals surface area contributed by atoms with Crippen LogP contribution in [0, 0.1) is 11.6 Å². The van der Waals surface area contributed by atoms with Gasteiger partial charge in [0.25, 0.3) is 0 Å². The van der Waals surface area contributed by atoms with E-state index in [-0.39, 0.29) is 19.3 Å². The monoisotopic (exact) mass is 283 g/mol. The summed E-state index contributed by atoms with van der Waals surface area (Å²) >= 11 is 0. The topological polar surface area (TPSA) is 66.4 Å². The minimum Gasteiger partial charge on any atom is -0.480 e. The number of nitrogens with one attached hydrogen (secondary N) is 1. The van der Waals surface area contributed by atoms with Crippen LogP contribution in [0.4, 0.5) is 8.78 Å². The summed E-state index contributed by atoms with van der Waals surface area (Å²) in [6.07, 6.45) is 1.70. The molecule has 2 N–H and O–H groups in total. The number of hydrogen-bond donors (Lipinski definition) is 2.